The quantitative estimate of drug-likeness (QED) is 0.827. The zero-order valence-corrected chi connectivity index (χ0v) is 13.6. The lowest BCUT2D eigenvalue weighted by molar-refractivity contribution is -0.121. The second kappa shape index (κ2) is 6.39. The van der Waals surface area contributed by atoms with Gasteiger partial charge < -0.3 is 5.32 Å². The SMILES string of the molecule is O=C(Cc1c(Cl)cccc1Cl)N[C@@H](c1cccs1)C1CC1. The molecule has 5 heteroatoms. The monoisotopic (exact) mass is 339 g/mol. The molecule has 3 rings (SSSR count). The van der Waals surface area contributed by atoms with E-state index < -0.39 is 0 Å². The van der Waals surface area contributed by atoms with Crippen molar-refractivity contribution in [2.45, 2.75) is 25.3 Å². The minimum absolute atomic E-state index is 0.0321. The molecule has 1 saturated carbocycles. The Balaban J connectivity index is 1.71. The molecule has 0 spiro atoms. The van der Waals surface area contributed by atoms with Gasteiger partial charge in [0.15, 0.2) is 0 Å². The molecule has 2 nitrogen and oxygen atoms in total. The fourth-order valence-electron chi connectivity index (χ4n) is 2.41. The molecule has 0 saturated heterocycles. The Morgan fingerprint density at radius 3 is 2.52 bits per heavy atom. The number of nitrogens with one attached hydrogen (secondary N) is 1. The van der Waals surface area contributed by atoms with Crippen LogP contribution >= 0.6 is 34.5 Å². The fourth-order valence-corrected chi connectivity index (χ4v) is 3.81. The predicted octanol–water partition coefficient (Wildman–Crippen LogP) is 4.86. The molecule has 1 aromatic carbocycles. The number of hydrogen-bond donors (Lipinski definition) is 1. The van der Waals surface area contributed by atoms with E-state index in [-0.39, 0.29) is 18.4 Å². The van der Waals surface area contributed by atoms with E-state index in [0.717, 1.165) is 0 Å². The molecule has 0 unspecified atom stereocenters. The summed E-state index contributed by atoms with van der Waals surface area (Å²) in [7, 11) is 0. The lowest BCUT2D eigenvalue weighted by atomic mass is 10.1. The second-order valence-corrected chi connectivity index (χ2v) is 7.07. The maximum atomic E-state index is 12.3. The first-order chi connectivity index (χ1) is 10.1. The molecule has 0 radical (unpaired) electrons. The molecule has 0 aliphatic heterocycles. The molecular weight excluding hydrogens is 325 g/mol. The maximum Gasteiger partial charge on any atom is 0.225 e. The number of benzene rings is 1. The number of carbonyl (C=O) groups excluding carboxylic acids is 1. The van der Waals surface area contributed by atoms with Gasteiger partial charge in [-0.1, -0.05) is 35.3 Å². The summed E-state index contributed by atoms with van der Waals surface area (Å²) < 4.78 is 0. The van der Waals surface area contributed by atoms with Crippen molar-refractivity contribution in [2.24, 2.45) is 5.92 Å². The van der Waals surface area contributed by atoms with Gasteiger partial charge in [-0.3, -0.25) is 4.79 Å². The largest absolute Gasteiger partial charge is 0.348 e. The van der Waals surface area contributed by atoms with E-state index >= 15 is 0 Å². The number of halogens is 2. The summed E-state index contributed by atoms with van der Waals surface area (Å²) >= 11 is 13.9. The minimum Gasteiger partial charge on any atom is -0.348 e. The standard InChI is InChI=1S/C16H15Cl2NOS/c17-12-3-1-4-13(18)11(12)9-15(20)19-16(10-6-7-10)14-5-2-8-21-14/h1-5,8,10,16H,6-7,9H2,(H,19,20)/t16-/m1/s1. The van der Waals surface area contributed by atoms with Crippen LogP contribution in [0.25, 0.3) is 0 Å². The van der Waals surface area contributed by atoms with Crippen LogP contribution in [0.3, 0.4) is 0 Å². The van der Waals surface area contributed by atoms with Gasteiger partial charge in [-0.05, 0) is 47.9 Å². The third-order valence-electron chi connectivity index (χ3n) is 3.66. The Labute approximate surface area is 138 Å². The highest BCUT2D eigenvalue weighted by Gasteiger charge is 2.34. The molecule has 1 amide bonds. The number of thiophene rings is 1. The van der Waals surface area contributed by atoms with E-state index in [2.05, 4.69) is 11.4 Å². The van der Waals surface area contributed by atoms with Gasteiger partial charge in [0.1, 0.15) is 0 Å². The summed E-state index contributed by atoms with van der Waals surface area (Å²) in [6.45, 7) is 0. The number of hydrogen-bond acceptors (Lipinski definition) is 2. The Kier molecular flexibility index (Phi) is 4.53. The zero-order chi connectivity index (χ0) is 14.8. The fraction of sp³-hybridized carbons (Fsp3) is 0.312. The summed E-state index contributed by atoms with van der Waals surface area (Å²) in [6.07, 6.45) is 2.57. The van der Waals surface area contributed by atoms with Gasteiger partial charge in [-0.25, -0.2) is 0 Å². The van der Waals surface area contributed by atoms with Gasteiger partial charge in [-0.15, -0.1) is 11.3 Å². The predicted molar refractivity (Wildman–Crippen MR) is 88.1 cm³/mol. The maximum absolute atomic E-state index is 12.3. The average molecular weight is 340 g/mol. The molecule has 0 bridgehead atoms. The van der Waals surface area contributed by atoms with Crippen LogP contribution in [0.2, 0.25) is 10.0 Å². The Bertz CT molecular complexity index is 617. The molecule has 1 atom stereocenters. The van der Waals surface area contributed by atoms with Crippen molar-refractivity contribution in [3.63, 3.8) is 0 Å². The highest BCUT2D eigenvalue weighted by atomic mass is 35.5. The van der Waals surface area contributed by atoms with Gasteiger partial charge in [0.25, 0.3) is 0 Å². The van der Waals surface area contributed by atoms with Crippen LogP contribution in [0.4, 0.5) is 0 Å². The van der Waals surface area contributed by atoms with Crippen molar-refractivity contribution in [1.29, 1.82) is 0 Å². The van der Waals surface area contributed by atoms with Crippen LogP contribution < -0.4 is 5.32 Å². The van der Waals surface area contributed by atoms with E-state index in [0.29, 0.717) is 21.5 Å². The van der Waals surface area contributed by atoms with Gasteiger partial charge in [0, 0.05) is 14.9 Å². The Hall–Kier alpha value is -1.03. The summed E-state index contributed by atoms with van der Waals surface area (Å²) in [6, 6.07) is 9.52. The first-order valence-corrected chi connectivity index (χ1v) is 8.54. The second-order valence-electron chi connectivity index (χ2n) is 5.28. The third-order valence-corrected chi connectivity index (χ3v) is 5.32. The first-order valence-electron chi connectivity index (χ1n) is 6.91. The first kappa shape index (κ1) is 14.9. The molecule has 1 aliphatic carbocycles. The van der Waals surface area contributed by atoms with Crippen LogP contribution in [-0.2, 0) is 11.2 Å². The van der Waals surface area contributed by atoms with Crippen LogP contribution in [0.5, 0.6) is 0 Å². The smallest absolute Gasteiger partial charge is 0.225 e. The van der Waals surface area contributed by atoms with Crippen molar-refractivity contribution < 1.29 is 4.79 Å². The summed E-state index contributed by atoms with van der Waals surface area (Å²) in [5.41, 5.74) is 0.694. The summed E-state index contributed by atoms with van der Waals surface area (Å²) in [5.74, 6) is 0.532. The van der Waals surface area contributed by atoms with Gasteiger partial charge in [0.2, 0.25) is 5.91 Å². The third kappa shape index (κ3) is 3.60. The van der Waals surface area contributed by atoms with Crippen LogP contribution in [0.15, 0.2) is 35.7 Å². The van der Waals surface area contributed by atoms with E-state index in [1.54, 1.807) is 29.5 Å². The summed E-state index contributed by atoms with van der Waals surface area (Å²) in [5, 5.41) is 6.26. The minimum atomic E-state index is -0.0321. The topological polar surface area (TPSA) is 29.1 Å². The highest BCUT2D eigenvalue weighted by Crippen LogP contribution is 2.42. The van der Waals surface area contributed by atoms with Crippen molar-refractivity contribution in [3.8, 4) is 0 Å². The lowest BCUT2D eigenvalue weighted by Gasteiger charge is -2.17. The van der Waals surface area contributed by atoms with Crippen molar-refractivity contribution >= 4 is 40.4 Å². The van der Waals surface area contributed by atoms with Crippen LogP contribution in [0.1, 0.15) is 29.3 Å². The molecule has 1 aromatic heterocycles. The molecule has 1 aliphatic rings. The molecule has 1 fully saturated rings. The Morgan fingerprint density at radius 2 is 1.95 bits per heavy atom. The van der Waals surface area contributed by atoms with Crippen LogP contribution in [0, 0.1) is 5.92 Å². The van der Waals surface area contributed by atoms with E-state index in [4.69, 9.17) is 23.2 Å². The van der Waals surface area contributed by atoms with E-state index in [1.165, 1.54) is 17.7 Å². The van der Waals surface area contributed by atoms with Crippen LogP contribution in [-0.4, -0.2) is 5.91 Å². The normalized spacial score (nSPS) is 15.7. The average Bonchev–Trinajstić information content (AvgIpc) is 3.15. The summed E-state index contributed by atoms with van der Waals surface area (Å²) in [4.78, 5) is 13.5. The number of amides is 1. The molecule has 1 N–H and O–H groups in total. The Morgan fingerprint density at radius 1 is 1.24 bits per heavy atom. The van der Waals surface area contributed by atoms with Gasteiger partial charge >= 0.3 is 0 Å². The van der Waals surface area contributed by atoms with E-state index in [9.17, 15) is 4.79 Å². The van der Waals surface area contributed by atoms with Gasteiger partial charge in [0.05, 0.1) is 12.5 Å². The number of rotatable bonds is 5. The van der Waals surface area contributed by atoms with Crippen molar-refractivity contribution in [2.75, 3.05) is 0 Å². The number of carbonyl (C=O) groups is 1. The molecule has 1 heterocycles. The van der Waals surface area contributed by atoms with Crippen molar-refractivity contribution in [3.05, 3.63) is 56.2 Å². The van der Waals surface area contributed by atoms with Crippen molar-refractivity contribution in [1.82, 2.24) is 5.32 Å². The molecule has 2 aromatic rings. The lowest BCUT2D eigenvalue weighted by Crippen LogP contribution is -2.30. The molecular formula is C16H15Cl2NOS. The molecule has 21 heavy (non-hydrogen) atoms. The van der Waals surface area contributed by atoms with Gasteiger partial charge in [-0.2, -0.15) is 0 Å². The molecule has 110 valence electrons. The van der Waals surface area contributed by atoms with E-state index in [1.807, 2.05) is 11.4 Å². The zero-order valence-electron chi connectivity index (χ0n) is 11.3. The highest BCUT2D eigenvalue weighted by molar-refractivity contribution is 7.10.